The molecule has 0 aliphatic carbocycles. The predicted octanol–water partition coefficient (Wildman–Crippen LogP) is 3.02. The smallest absolute Gasteiger partial charge is 0.410 e. The molecule has 0 unspecified atom stereocenters. The van der Waals surface area contributed by atoms with E-state index in [1.165, 1.54) is 0 Å². The minimum absolute atomic E-state index is 0.158. The van der Waals surface area contributed by atoms with Gasteiger partial charge in [0.15, 0.2) is 0 Å². The van der Waals surface area contributed by atoms with Crippen LogP contribution < -0.4 is 0 Å². The molecule has 6 heteroatoms. The van der Waals surface area contributed by atoms with Gasteiger partial charge in [-0.25, -0.2) is 4.79 Å². The van der Waals surface area contributed by atoms with E-state index in [-0.39, 0.29) is 18.0 Å². The molecule has 0 radical (unpaired) electrons. The van der Waals surface area contributed by atoms with Gasteiger partial charge in [-0.1, -0.05) is 19.4 Å². The molecule has 0 aromatic carbocycles. The molecule has 142 valence electrons. The van der Waals surface area contributed by atoms with E-state index in [4.69, 9.17) is 4.74 Å². The van der Waals surface area contributed by atoms with E-state index in [0.29, 0.717) is 32.5 Å². The van der Waals surface area contributed by atoms with Gasteiger partial charge in [0.25, 0.3) is 0 Å². The lowest BCUT2D eigenvalue weighted by Crippen LogP contribution is -2.49. The molecule has 26 heavy (non-hydrogen) atoms. The Hall–Kier alpha value is -2.11. The third kappa shape index (κ3) is 4.17. The lowest BCUT2D eigenvalue weighted by molar-refractivity contribution is -0.134. The van der Waals surface area contributed by atoms with Gasteiger partial charge in [-0.15, -0.1) is 0 Å². The van der Waals surface area contributed by atoms with Gasteiger partial charge in [-0.3, -0.25) is 9.78 Å². The zero-order valence-corrected chi connectivity index (χ0v) is 15.8. The van der Waals surface area contributed by atoms with Crippen LogP contribution in [0.25, 0.3) is 0 Å². The molecule has 1 atom stereocenters. The molecule has 2 aliphatic rings. The van der Waals surface area contributed by atoms with Crippen molar-refractivity contribution in [1.82, 2.24) is 14.8 Å². The van der Waals surface area contributed by atoms with Gasteiger partial charge in [0.05, 0.1) is 6.54 Å². The summed E-state index contributed by atoms with van der Waals surface area (Å²) in [7, 11) is 0. The van der Waals surface area contributed by atoms with E-state index < -0.39 is 5.60 Å². The highest BCUT2D eigenvalue weighted by molar-refractivity contribution is 5.76. The van der Waals surface area contributed by atoms with E-state index >= 15 is 0 Å². The summed E-state index contributed by atoms with van der Waals surface area (Å²) in [5.74, 6) is 0.158. The lowest BCUT2D eigenvalue weighted by Gasteiger charge is -2.37. The molecule has 3 heterocycles. The molecule has 1 spiro atoms. The van der Waals surface area contributed by atoms with Crippen LogP contribution in [0, 0.1) is 0 Å². The van der Waals surface area contributed by atoms with Crippen LogP contribution in [0.2, 0.25) is 0 Å². The summed E-state index contributed by atoms with van der Waals surface area (Å²) in [5.41, 5.74) is 0.538. The normalized spacial score (nSPS) is 20.3. The summed E-state index contributed by atoms with van der Waals surface area (Å²) in [5, 5.41) is 0. The van der Waals surface area contributed by atoms with Crippen molar-refractivity contribution >= 4 is 12.0 Å². The first kappa shape index (κ1) is 18.7. The molecule has 3 rings (SSSR count). The quantitative estimate of drug-likeness (QED) is 0.783. The summed E-state index contributed by atoms with van der Waals surface area (Å²) in [4.78, 5) is 32.8. The maximum Gasteiger partial charge on any atom is 0.410 e. The van der Waals surface area contributed by atoms with Gasteiger partial charge in [-0.2, -0.15) is 0 Å². The van der Waals surface area contributed by atoms with Crippen LogP contribution in [-0.4, -0.2) is 58.1 Å². The van der Waals surface area contributed by atoms with Gasteiger partial charge in [0, 0.05) is 50.3 Å². The van der Waals surface area contributed by atoms with Gasteiger partial charge in [-0.05, 0) is 31.9 Å². The molecule has 0 N–H and O–H groups in total. The van der Waals surface area contributed by atoms with Crippen LogP contribution in [0.1, 0.15) is 51.6 Å². The molecule has 1 aromatic heterocycles. The van der Waals surface area contributed by atoms with E-state index in [9.17, 15) is 9.59 Å². The number of pyridine rings is 1. The maximum absolute atomic E-state index is 12.5. The first-order valence-electron chi connectivity index (χ1n) is 9.70. The van der Waals surface area contributed by atoms with E-state index in [1.54, 1.807) is 6.20 Å². The Bertz CT molecular complexity index is 626. The second-order valence-electron chi connectivity index (χ2n) is 7.52. The van der Waals surface area contributed by atoms with Crippen molar-refractivity contribution in [3.8, 4) is 0 Å². The first-order valence-corrected chi connectivity index (χ1v) is 9.70. The largest absolute Gasteiger partial charge is 0.441 e. The zero-order chi connectivity index (χ0) is 18.6. The number of piperidine rings is 1. The number of nitrogens with zero attached hydrogens (tertiary/aromatic N) is 3. The molecule has 1 aromatic rings. The van der Waals surface area contributed by atoms with Crippen LogP contribution in [0.15, 0.2) is 24.4 Å². The third-order valence-electron chi connectivity index (χ3n) is 5.58. The highest BCUT2D eigenvalue weighted by Crippen LogP contribution is 2.34. The molecular weight excluding hydrogens is 330 g/mol. The third-order valence-corrected chi connectivity index (χ3v) is 5.58. The molecule has 6 nitrogen and oxygen atoms in total. The molecule has 2 aliphatic heterocycles. The van der Waals surface area contributed by atoms with Gasteiger partial charge >= 0.3 is 6.09 Å². The average Bonchev–Trinajstić information content (AvgIpc) is 2.97. The summed E-state index contributed by atoms with van der Waals surface area (Å²) in [6, 6.07) is 5.98. The van der Waals surface area contributed by atoms with Crippen molar-refractivity contribution in [2.75, 3.05) is 19.6 Å². The number of hydrogen-bond donors (Lipinski definition) is 0. The Kier molecular flexibility index (Phi) is 5.79. The number of carbonyl (C=O) groups excluding carboxylic acids is 2. The van der Waals surface area contributed by atoms with Crippen molar-refractivity contribution in [3.63, 3.8) is 0 Å². The van der Waals surface area contributed by atoms with Crippen molar-refractivity contribution < 1.29 is 14.3 Å². The van der Waals surface area contributed by atoms with Gasteiger partial charge < -0.3 is 14.5 Å². The second-order valence-corrected chi connectivity index (χ2v) is 7.52. The van der Waals surface area contributed by atoms with Crippen LogP contribution >= 0.6 is 0 Å². The number of rotatable bonds is 6. The van der Waals surface area contributed by atoms with E-state index in [1.807, 2.05) is 28.0 Å². The SMILES string of the molecule is CCC[C@@H](C)N1CC2(CCN(C(=O)CCc3ccccn3)CC2)OC1=O. The Morgan fingerprint density at radius 1 is 1.35 bits per heavy atom. The van der Waals surface area contributed by atoms with Gasteiger partial charge in [0.1, 0.15) is 5.60 Å². The van der Waals surface area contributed by atoms with Crippen LogP contribution in [0.5, 0.6) is 0 Å². The van der Waals surface area contributed by atoms with Crippen molar-refractivity contribution in [3.05, 3.63) is 30.1 Å². The van der Waals surface area contributed by atoms with Crippen molar-refractivity contribution in [2.24, 2.45) is 0 Å². The molecule has 0 bridgehead atoms. The number of ether oxygens (including phenoxy) is 1. The summed E-state index contributed by atoms with van der Waals surface area (Å²) in [6.07, 6.45) is 6.19. The number of amides is 2. The number of hydrogen-bond acceptors (Lipinski definition) is 4. The summed E-state index contributed by atoms with van der Waals surface area (Å²) < 4.78 is 5.77. The first-order chi connectivity index (χ1) is 12.5. The Morgan fingerprint density at radius 3 is 2.77 bits per heavy atom. The lowest BCUT2D eigenvalue weighted by atomic mass is 9.90. The molecule has 0 saturated carbocycles. The Balaban J connectivity index is 1.49. The van der Waals surface area contributed by atoms with E-state index in [2.05, 4.69) is 18.8 Å². The van der Waals surface area contributed by atoms with Gasteiger partial charge in [0.2, 0.25) is 5.91 Å². The summed E-state index contributed by atoms with van der Waals surface area (Å²) in [6.45, 7) is 6.18. The van der Waals surface area contributed by atoms with Crippen LogP contribution in [0.4, 0.5) is 4.79 Å². The average molecular weight is 359 g/mol. The fourth-order valence-corrected chi connectivity index (χ4v) is 3.92. The topological polar surface area (TPSA) is 62.7 Å². The molecular formula is C20H29N3O3. The number of carbonyl (C=O) groups is 2. The van der Waals surface area contributed by atoms with Crippen molar-refractivity contribution in [1.29, 1.82) is 0 Å². The number of likely N-dealkylation sites (tertiary alicyclic amines) is 1. The highest BCUT2D eigenvalue weighted by Gasteiger charge is 2.48. The predicted molar refractivity (Wildman–Crippen MR) is 98.7 cm³/mol. The van der Waals surface area contributed by atoms with Crippen LogP contribution in [-0.2, 0) is 16.0 Å². The monoisotopic (exact) mass is 359 g/mol. The molecule has 2 amide bonds. The fourth-order valence-electron chi connectivity index (χ4n) is 3.92. The Morgan fingerprint density at radius 2 is 2.12 bits per heavy atom. The zero-order valence-electron chi connectivity index (χ0n) is 15.8. The minimum atomic E-state index is -0.406. The fraction of sp³-hybridized carbons (Fsp3) is 0.650. The number of aryl methyl sites for hydroxylation is 1. The summed E-state index contributed by atoms with van der Waals surface area (Å²) >= 11 is 0. The number of aromatic nitrogens is 1. The molecule has 2 fully saturated rings. The Labute approximate surface area is 155 Å². The van der Waals surface area contributed by atoms with Crippen molar-refractivity contribution in [2.45, 2.75) is 64.0 Å². The maximum atomic E-state index is 12.5. The van der Waals surface area contributed by atoms with Crippen LogP contribution in [0.3, 0.4) is 0 Å². The standard InChI is InChI=1S/C20H29N3O3/c1-3-6-16(2)23-15-20(26-19(23)25)10-13-22(14-11-20)18(24)9-8-17-7-4-5-12-21-17/h4-5,7,12,16H,3,6,8-11,13-15H2,1-2H3/t16-/m1/s1. The van der Waals surface area contributed by atoms with E-state index in [0.717, 1.165) is 31.4 Å². The highest BCUT2D eigenvalue weighted by atomic mass is 16.6. The second kappa shape index (κ2) is 8.06. The molecule has 2 saturated heterocycles. The minimum Gasteiger partial charge on any atom is -0.441 e.